The smallest absolute Gasteiger partial charge is 0.251 e. The molecule has 7 nitrogen and oxygen atoms in total. The van der Waals surface area contributed by atoms with Gasteiger partial charge in [0.25, 0.3) is 5.91 Å². The Kier molecular flexibility index (Phi) is 4.04. The van der Waals surface area contributed by atoms with E-state index >= 15 is 0 Å². The molecule has 1 saturated carbocycles. The van der Waals surface area contributed by atoms with Crippen molar-refractivity contribution in [3.8, 4) is 12.0 Å². The van der Waals surface area contributed by atoms with Gasteiger partial charge >= 0.3 is 0 Å². The van der Waals surface area contributed by atoms with Gasteiger partial charge in [-0.3, -0.25) is 4.79 Å². The highest BCUT2D eigenvalue weighted by atomic mass is 16.1. The van der Waals surface area contributed by atoms with Crippen LogP contribution in [0.4, 0.5) is 0 Å². The fraction of sp³-hybridized carbons (Fsp3) is 0.417. The minimum atomic E-state index is -0.0727. The Morgan fingerprint density at radius 1 is 1.23 bits per heavy atom. The second kappa shape index (κ2) is 6.81. The van der Waals surface area contributed by atoms with Gasteiger partial charge in [-0.05, 0) is 68.9 Å². The van der Waals surface area contributed by atoms with Crippen molar-refractivity contribution < 1.29 is 4.79 Å². The van der Waals surface area contributed by atoms with Crippen LogP contribution in [0, 0.1) is 18.4 Å². The van der Waals surface area contributed by atoms with Gasteiger partial charge < -0.3 is 10.2 Å². The standard InChI is InChI=1S/C24H24N6O/c1-14-9-22-16(12-26-30(22)23-4-2-3-19(27-23)15-5-6-15)10-18(14)24(31)28-20-11-17-7-8-21(20)29(17)13-25/h2-4,9-10,12,15,17,20-21H,5-8,11H2,1H3,(H,28,31)/t17-,20+,21+/m0/s1. The predicted molar refractivity (Wildman–Crippen MR) is 116 cm³/mol. The van der Waals surface area contributed by atoms with E-state index in [0.717, 1.165) is 47.2 Å². The van der Waals surface area contributed by atoms with E-state index in [0.29, 0.717) is 11.5 Å². The number of rotatable bonds is 4. The lowest BCUT2D eigenvalue weighted by Gasteiger charge is -2.22. The molecule has 6 rings (SSSR count). The molecule has 1 aromatic carbocycles. The van der Waals surface area contributed by atoms with Crippen molar-refractivity contribution in [3.63, 3.8) is 0 Å². The number of pyridine rings is 1. The molecule has 1 aliphatic carbocycles. The number of hydrogen-bond acceptors (Lipinski definition) is 5. The lowest BCUT2D eigenvalue weighted by molar-refractivity contribution is 0.0928. The summed E-state index contributed by atoms with van der Waals surface area (Å²) in [5.41, 5.74) is 3.65. The van der Waals surface area contributed by atoms with Crippen LogP contribution >= 0.6 is 0 Å². The molecule has 2 aromatic heterocycles. The second-order valence-electron chi connectivity index (χ2n) is 9.10. The number of benzene rings is 1. The zero-order chi connectivity index (χ0) is 21.1. The summed E-state index contributed by atoms with van der Waals surface area (Å²) in [5.74, 6) is 1.33. The van der Waals surface area contributed by atoms with Crippen LogP contribution < -0.4 is 5.32 Å². The maximum absolute atomic E-state index is 13.1. The van der Waals surface area contributed by atoms with Gasteiger partial charge in [0.05, 0.1) is 23.8 Å². The molecular weight excluding hydrogens is 388 g/mol. The van der Waals surface area contributed by atoms with Crippen LogP contribution in [0.1, 0.15) is 59.6 Å². The van der Waals surface area contributed by atoms with E-state index in [1.165, 1.54) is 12.8 Å². The molecule has 2 saturated heterocycles. The Labute approximate surface area is 180 Å². The van der Waals surface area contributed by atoms with Crippen molar-refractivity contribution in [1.82, 2.24) is 25.0 Å². The van der Waals surface area contributed by atoms with Gasteiger partial charge in [0.15, 0.2) is 12.0 Å². The minimum Gasteiger partial charge on any atom is -0.347 e. The molecule has 156 valence electrons. The lowest BCUT2D eigenvalue weighted by Crippen LogP contribution is -2.43. The molecule has 1 amide bonds. The first-order chi connectivity index (χ1) is 15.1. The SMILES string of the molecule is Cc1cc2c(cnn2-c2cccc(C3CC3)n2)cc1C(=O)N[C@@H]1C[C@@H]2CC[C@H]1N2C#N. The molecule has 0 radical (unpaired) electrons. The number of amides is 1. The number of aromatic nitrogens is 3. The van der Waals surface area contributed by atoms with Gasteiger partial charge in [-0.1, -0.05) is 6.07 Å². The highest BCUT2D eigenvalue weighted by Gasteiger charge is 2.46. The molecule has 2 bridgehead atoms. The fourth-order valence-electron chi connectivity index (χ4n) is 5.32. The number of nitrogens with one attached hydrogen (secondary N) is 1. The van der Waals surface area contributed by atoms with Crippen LogP contribution in [0.25, 0.3) is 16.7 Å². The van der Waals surface area contributed by atoms with Crippen LogP contribution in [0.3, 0.4) is 0 Å². The molecule has 2 aliphatic heterocycles. The number of fused-ring (bicyclic) bond motifs is 3. The molecule has 4 heterocycles. The zero-order valence-corrected chi connectivity index (χ0v) is 17.5. The Morgan fingerprint density at radius 2 is 2.10 bits per heavy atom. The topological polar surface area (TPSA) is 86.8 Å². The van der Waals surface area contributed by atoms with Crippen LogP contribution in [-0.2, 0) is 0 Å². The largest absolute Gasteiger partial charge is 0.347 e. The quantitative estimate of drug-likeness (QED) is 0.664. The van der Waals surface area contributed by atoms with E-state index in [4.69, 9.17) is 4.98 Å². The Bertz CT molecular complexity index is 1240. The Hall–Kier alpha value is -3.40. The predicted octanol–water partition coefficient (Wildman–Crippen LogP) is 3.42. The summed E-state index contributed by atoms with van der Waals surface area (Å²) < 4.78 is 1.86. The molecule has 0 spiro atoms. The Morgan fingerprint density at radius 3 is 2.87 bits per heavy atom. The molecule has 7 heteroatoms. The van der Waals surface area contributed by atoms with E-state index in [2.05, 4.69) is 22.7 Å². The van der Waals surface area contributed by atoms with E-state index in [1.807, 2.05) is 40.8 Å². The highest BCUT2D eigenvalue weighted by Crippen LogP contribution is 2.39. The summed E-state index contributed by atoms with van der Waals surface area (Å²) in [7, 11) is 0. The third-order valence-corrected chi connectivity index (χ3v) is 7.10. The van der Waals surface area contributed by atoms with Gasteiger partial charge in [0.1, 0.15) is 0 Å². The van der Waals surface area contributed by atoms with Crippen molar-refractivity contribution in [2.24, 2.45) is 0 Å². The molecule has 1 N–H and O–H groups in total. The molecule has 3 aromatic rings. The summed E-state index contributed by atoms with van der Waals surface area (Å²) in [4.78, 5) is 19.8. The van der Waals surface area contributed by atoms with Crippen molar-refractivity contribution >= 4 is 16.8 Å². The third-order valence-electron chi connectivity index (χ3n) is 7.10. The Balaban J connectivity index is 1.28. The maximum atomic E-state index is 13.1. The van der Waals surface area contributed by atoms with E-state index < -0.39 is 0 Å². The number of carbonyl (C=O) groups excluding carboxylic acids is 1. The van der Waals surface area contributed by atoms with Gasteiger partial charge in [-0.2, -0.15) is 10.4 Å². The number of hydrogen-bond donors (Lipinski definition) is 1. The summed E-state index contributed by atoms with van der Waals surface area (Å²) in [6, 6.07) is 10.5. The molecule has 3 aliphatic rings. The van der Waals surface area contributed by atoms with Crippen LogP contribution in [0.2, 0.25) is 0 Å². The van der Waals surface area contributed by atoms with Gasteiger partial charge in [0, 0.05) is 28.6 Å². The zero-order valence-electron chi connectivity index (χ0n) is 17.5. The van der Waals surface area contributed by atoms with E-state index in [1.54, 1.807) is 6.20 Å². The summed E-state index contributed by atoms with van der Waals surface area (Å²) >= 11 is 0. The molecule has 3 atom stereocenters. The van der Waals surface area contributed by atoms with Crippen LogP contribution in [-0.4, -0.2) is 43.7 Å². The fourth-order valence-corrected chi connectivity index (χ4v) is 5.32. The number of nitriles is 1. The van der Waals surface area contributed by atoms with E-state index in [-0.39, 0.29) is 24.0 Å². The van der Waals surface area contributed by atoms with Gasteiger partial charge in [-0.15, -0.1) is 0 Å². The normalized spacial score (nSPS) is 24.5. The first-order valence-corrected chi connectivity index (χ1v) is 11.1. The van der Waals surface area contributed by atoms with Crippen molar-refractivity contribution in [2.75, 3.05) is 0 Å². The minimum absolute atomic E-state index is 0.0399. The third kappa shape index (κ3) is 2.97. The second-order valence-corrected chi connectivity index (χ2v) is 9.10. The number of aryl methyl sites for hydroxylation is 1. The first-order valence-electron chi connectivity index (χ1n) is 11.1. The molecule has 0 unspecified atom stereocenters. The van der Waals surface area contributed by atoms with Crippen molar-refractivity contribution in [3.05, 3.63) is 53.3 Å². The summed E-state index contributed by atoms with van der Waals surface area (Å²) in [6.07, 6.45) is 9.39. The number of carbonyl (C=O) groups is 1. The summed E-state index contributed by atoms with van der Waals surface area (Å²) in [5, 5.41) is 18.0. The highest BCUT2D eigenvalue weighted by molar-refractivity contribution is 6.00. The van der Waals surface area contributed by atoms with E-state index in [9.17, 15) is 10.1 Å². The average molecular weight is 412 g/mol. The van der Waals surface area contributed by atoms with Gasteiger partial charge in [-0.25, -0.2) is 9.67 Å². The van der Waals surface area contributed by atoms with Crippen molar-refractivity contribution in [2.45, 2.75) is 63.1 Å². The average Bonchev–Trinajstić information content (AvgIpc) is 3.33. The van der Waals surface area contributed by atoms with Crippen molar-refractivity contribution in [1.29, 1.82) is 5.26 Å². The van der Waals surface area contributed by atoms with Crippen LogP contribution in [0.15, 0.2) is 36.5 Å². The molecule has 3 fully saturated rings. The lowest BCUT2D eigenvalue weighted by atomic mass is 9.95. The maximum Gasteiger partial charge on any atom is 0.251 e. The summed E-state index contributed by atoms with van der Waals surface area (Å²) in [6.45, 7) is 1.96. The molecule has 31 heavy (non-hydrogen) atoms. The van der Waals surface area contributed by atoms with Crippen LogP contribution in [0.5, 0.6) is 0 Å². The monoisotopic (exact) mass is 412 g/mol. The first kappa shape index (κ1) is 18.4. The van der Waals surface area contributed by atoms with Gasteiger partial charge in [0.2, 0.25) is 0 Å². The molecular formula is C24H24N6O. The number of nitrogens with zero attached hydrogens (tertiary/aromatic N) is 5.